The molecule has 0 saturated heterocycles. The van der Waals surface area contributed by atoms with E-state index in [9.17, 15) is 8.78 Å². The van der Waals surface area contributed by atoms with Crippen molar-refractivity contribution in [2.45, 2.75) is 31.8 Å². The normalized spacial score (nSPS) is 18.0. The third-order valence-corrected chi connectivity index (χ3v) is 4.32. The van der Waals surface area contributed by atoms with E-state index < -0.39 is 11.6 Å². The molecule has 118 valence electrons. The molecule has 5 heteroatoms. The third-order valence-electron chi connectivity index (χ3n) is 4.32. The van der Waals surface area contributed by atoms with Crippen molar-refractivity contribution in [3.8, 4) is 0 Å². The molecule has 1 fully saturated rings. The number of benzene rings is 1. The summed E-state index contributed by atoms with van der Waals surface area (Å²) in [7, 11) is 1.64. The first-order valence-corrected chi connectivity index (χ1v) is 7.48. The van der Waals surface area contributed by atoms with Gasteiger partial charge in [0.05, 0.1) is 12.6 Å². The van der Waals surface area contributed by atoms with Gasteiger partial charge in [-0.2, -0.15) is 0 Å². The molecule has 2 atom stereocenters. The van der Waals surface area contributed by atoms with Crippen molar-refractivity contribution in [2.75, 3.05) is 26.8 Å². The average Bonchev–Trinajstić information content (AvgIpc) is 3.30. The number of ether oxygens (including phenoxy) is 1. The van der Waals surface area contributed by atoms with Crippen molar-refractivity contribution in [2.24, 2.45) is 11.7 Å². The minimum absolute atomic E-state index is 0.251. The number of nitrogens with zero attached hydrogens (tertiary/aromatic N) is 1. The summed E-state index contributed by atoms with van der Waals surface area (Å²) in [6, 6.07) is 3.52. The minimum atomic E-state index is -0.435. The molecule has 1 aromatic carbocycles. The highest BCUT2D eigenvalue weighted by Gasteiger charge is 2.35. The molecule has 2 unspecified atom stereocenters. The largest absolute Gasteiger partial charge is 0.383 e. The highest BCUT2D eigenvalue weighted by atomic mass is 19.1. The lowest BCUT2D eigenvalue weighted by atomic mass is 10.0. The maximum atomic E-state index is 14.1. The fourth-order valence-electron chi connectivity index (χ4n) is 2.90. The first kappa shape index (κ1) is 16.3. The topological polar surface area (TPSA) is 38.5 Å². The molecule has 0 bridgehead atoms. The summed E-state index contributed by atoms with van der Waals surface area (Å²) >= 11 is 0. The zero-order chi connectivity index (χ0) is 15.4. The number of hydrogen-bond acceptors (Lipinski definition) is 3. The molecule has 0 heterocycles. The van der Waals surface area contributed by atoms with Crippen LogP contribution in [0.25, 0.3) is 0 Å². The summed E-state index contributed by atoms with van der Waals surface area (Å²) in [4.78, 5) is 2.15. The lowest BCUT2D eigenvalue weighted by Crippen LogP contribution is -2.43. The zero-order valence-corrected chi connectivity index (χ0v) is 12.7. The fourth-order valence-corrected chi connectivity index (χ4v) is 2.90. The molecule has 3 nitrogen and oxygen atoms in total. The summed E-state index contributed by atoms with van der Waals surface area (Å²) in [6.07, 6.45) is 2.38. The smallest absolute Gasteiger partial charge is 0.128 e. The van der Waals surface area contributed by atoms with Crippen LogP contribution in [0.4, 0.5) is 8.78 Å². The van der Waals surface area contributed by atoms with Crippen molar-refractivity contribution >= 4 is 0 Å². The third kappa shape index (κ3) is 3.99. The molecule has 2 N–H and O–H groups in total. The molecule has 0 amide bonds. The van der Waals surface area contributed by atoms with E-state index in [-0.39, 0.29) is 18.6 Å². The van der Waals surface area contributed by atoms with Crippen molar-refractivity contribution in [3.05, 3.63) is 35.4 Å². The van der Waals surface area contributed by atoms with Gasteiger partial charge in [-0.3, -0.25) is 4.90 Å². The van der Waals surface area contributed by atoms with Crippen LogP contribution in [-0.2, 0) is 4.74 Å². The summed E-state index contributed by atoms with van der Waals surface area (Å²) < 4.78 is 32.7. The highest BCUT2D eigenvalue weighted by molar-refractivity contribution is 5.23. The van der Waals surface area contributed by atoms with E-state index in [4.69, 9.17) is 10.5 Å². The van der Waals surface area contributed by atoms with Crippen LogP contribution in [0.1, 0.15) is 31.4 Å². The van der Waals surface area contributed by atoms with E-state index >= 15 is 0 Å². The van der Waals surface area contributed by atoms with Gasteiger partial charge < -0.3 is 10.5 Å². The monoisotopic (exact) mass is 298 g/mol. The van der Waals surface area contributed by atoms with Gasteiger partial charge in [0.15, 0.2) is 0 Å². The quantitative estimate of drug-likeness (QED) is 0.802. The average molecular weight is 298 g/mol. The molecule has 0 aromatic heterocycles. The fraction of sp³-hybridized carbons (Fsp3) is 0.625. The molecular formula is C16H24F2N2O. The van der Waals surface area contributed by atoms with Crippen LogP contribution in [0.15, 0.2) is 18.2 Å². The molecule has 0 aliphatic heterocycles. The maximum absolute atomic E-state index is 14.1. The molecule has 0 spiro atoms. The van der Waals surface area contributed by atoms with E-state index in [1.54, 1.807) is 7.11 Å². The van der Waals surface area contributed by atoms with E-state index in [1.165, 1.54) is 25.0 Å². The lowest BCUT2D eigenvalue weighted by Gasteiger charge is -2.36. The minimum Gasteiger partial charge on any atom is -0.383 e. The summed E-state index contributed by atoms with van der Waals surface area (Å²) in [5.41, 5.74) is 6.22. The van der Waals surface area contributed by atoms with Gasteiger partial charge in [-0.1, -0.05) is 0 Å². The maximum Gasteiger partial charge on any atom is 0.128 e. The van der Waals surface area contributed by atoms with Crippen LogP contribution >= 0.6 is 0 Å². The number of hydrogen-bond donors (Lipinski definition) is 1. The first-order valence-electron chi connectivity index (χ1n) is 7.48. The van der Waals surface area contributed by atoms with Gasteiger partial charge in [0.2, 0.25) is 0 Å². The Bertz CT molecular complexity index is 466. The zero-order valence-electron chi connectivity index (χ0n) is 12.7. The molecule has 21 heavy (non-hydrogen) atoms. The summed E-state index contributed by atoms with van der Waals surface area (Å²) in [5, 5.41) is 0. The molecule has 1 aliphatic carbocycles. The number of halogens is 2. The second kappa shape index (κ2) is 7.29. The van der Waals surface area contributed by atoms with Crippen molar-refractivity contribution in [3.63, 3.8) is 0 Å². The molecular weight excluding hydrogens is 274 g/mol. The Balaban J connectivity index is 2.26. The van der Waals surface area contributed by atoms with Gasteiger partial charge in [0.1, 0.15) is 11.6 Å². The molecule has 1 aromatic rings. The van der Waals surface area contributed by atoms with Crippen LogP contribution in [0, 0.1) is 17.6 Å². The van der Waals surface area contributed by atoms with Gasteiger partial charge in [0.25, 0.3) is 0 Å². The lowest BCUT2D eigenvalue weighted by molar-refractivity contribution is 0.0820. The Kier molecular flexibility index (Phi) is 5.67. The van der Waals surface area contributed by atoms with E-state index in [0.29, 0.717) is 24.6 Å². The second-order valence-corrected chi connectivity index (χ2v) is 5.73. The molecule has 2 rings (SSSR count). The Morgan fingerprint density at radius 1 is 1.38 bits per heavy atom. The molecule has 1 saturated carbocycles. The van der Waals surface area contributed by atoms with Crippen LogP contribution in [0.5, 0.6) is 0 Å². The van der Waals surface area contributed by atoms with Crippen LogP contribution in [-0.4, -0.2) is 37.7 Å². The Labute approximate surface area is 125 Å². The Morgan fingerprint density at radius 3 is 2.67 bits per heavy atom. The van der Waals surface area contributed by atoms with Crippen molar-refractivity contribution in [1.29, 1.82) is 0 Å². The molecule has 0 radical (unpaired) electrons. The van der Waals surface area contributed by atoms with Crippen LogP contribution < -0.4 is 5.73 Å². The Morgan fingerprint density at radius 2 is 2.10 bits per heavy atom. The van der Waals surface area contributed by atoms with E-state index in [1.807, 2.05) is 0 Å². The standard InChI is InChI=1S/C16H24F2N2O/c1-11(12-3-4-12)20(7-8-21-2)16(10-19)14-9-13(17)5-6-15(14)18/h5-6,9,11-12,16H,3-4,7-8,10,19H2,1-2H3. The highest BCUT2D eigenvalue weighted by Crippen LogP contribution is 2.38. The number of methoxy groups -OCH3 is 1. The van der Waals surface area contributed by atoms with Gasteiger partial charge in [-0.25, -0.2) is 8.78 Å². The summed E-state index contributed by atoms with van der Waals surface area (Å²) in [5.74, 6) is -0.222. The number of rotatable bonds is 8. The van der Waals surface area contributed by atoms with Crippen molar-refractivity contribution < 1.29 is 13.5 Å². The van der Waals surface area contributed by atoms with Gasteiger partial charge >= 0.3 is 0 Å². The number of nitrogens with two attached hydrogens (primary N) is 1. The van der Waals surface area contributed by atoms with Crippen molar-refractivity contribution in [1.82, 2.24) is 4.90 Å². The van der Waals surface area contributed by atoms with E-state index in [2.05, 4.69) is 11.8 Å². The summed E-state index contributed by atoms with van der Waals surface area (Å²) in [6.45, 7) is 3.59. The van der Waals surface area contributed by atoms with Crippen LogP contribution in [0.3, 0.4) is 0 Å². The molecule has 1 aliphatic rings. The van der Waals surface area contributed by atoms with Gasteiger partial charge in [-0.05, 0) is 43.9 Å². The predicted molar refractivity (Wildman–Crippen MR) is 78.9 cm³/mol. The Hall–Kier alpha value is -1.04. The van der Waals surface area contributed by atoms with Gasteiger partial charge in [0, 0.05) is 31.8 Å². The predicted octanol–water partition coefficient (Wildman–Crippen LogP) is 2.71. The van der Waals surface area contributed by atoms with E-state index in [0.717, 1.165) is 6.07 Å². The first-order chi connectivity index (χ1) is 10.1. The van der Waals surface area contributed by atoms with Gasteiger partial charge in [-0.15, -0.1) is 0 Å². The SMILES string of the molecule is COCCN(C(CN)c1cc(F)ccc1F)C(C)C1CC1. The van der Waals surface area contributed by atoms with Crippen LogP contribution in [0.2, 0.25) is 0 Å². The second-order valence-electron chi connectivity index (χ2n) is 5.73.